The summed E-state index contributed by atoms with van der Waals surface area (Å²) in [6.45, 7) is 4.48. The third kappa shape index (κ3) is 4.14. The number of imidazole rings is 1. The molecule has 0 aliphatic carbocycles. The molecule has 5 aromatic rings. The maximum Gasteiger partial charge on any atom is 0.335 e. The van der Waals surface area contributed by atoms with Crippen LogP contribution in [0.1, 0.15) is 35.7 Å². The van der Waals surface area contributed by atoms with Crippen LogP contribution in [0.4, 0.5) is 0 Å². The van der Waals surface area contributed by atoms with Crippen LogP contribution in [0.25, 0.3) is 44.8 Å². The van der Waals surface area contributed by atoms with E-state index in [9.17, 15) is 9.90 Å². The maximum atomic E-state index is 11.5. The molecule has 0 atom stereocenters. The zero-order valence-corrected chi connectivity index (χ0v) is 20.2. The van der Waals surface area contributed by atoms with Gasteiger partial charge >= 0.3 is 5.97 Å². The fourth-order valence-electron chi connectivity index (χ4n) is 4.19. The van der Waals surface area contributed by atoms with Gasteiger partial charge in [-0.3, -0.25) is 0 Å². The van der Waals surface area contributed by atoms with Gasteiger partial charge in [-0.05, 0) is 47.9 Å². The van der Waals surface area contributed by atoms with E-state index >= 15 is 0 Å². The second kappa shape index (κ2) is 9.16. The topological polar surface area (TPSA) is 90.1 Å². The molecule has 1 N–H and O–H groups in total. The highest BCUT2D eigenvalue weighted by Crippen LogP contribution is 2.33. The molecule has 2 aromatic heterocycles. The second-order valence-corrected chi connectivity index (χ2v) is 8.85. The van der Waals surface area contributed by atoms with Crippen LogP contribution >= 0.6 is 0 Å². The number of carbonyl (C=O) groups is 1. The lowest BCUT2D eigenvalue weighted by molar-refractivity contribution is 0.0697. The van der Waals surface area contributed by atoms with Crippen molar-refractivity contribution in [2.75, 3.05) is 6.61 Å². The first-order valence-corrected chi connectivity index (χ1v) is 11.5. The molecule has 0 radical (unpaired) electrons. The van der Waals surface area contributed by atoms with Crippen LogP contribution in [-0.2, 0) is 7.05 Å². The molecule has 0 fully saturated rings. The number of terminal acetylenes is 1. The van der Waals surface area contributed by atoms with Crippen molar-refractivity contribution in [3.05, 3.63) is 71.8 Å². The van der Waals surface area contributed by atoms with E-state index in [0.717, 1.165) is 22.2 Å². The summed E-state index contributed by atoms with van der Waals surface area (Å²) in [4.78, 5) is 25.9. The summed E-state index contributed by atoms with van der Waals surface area (Å²) in [7, 11) is 1.83. The number of benzene rings is 3. The molecule has 3 aromatic carbocycles. The summed E-state index contributed by atoms with van der Waals surface area (Å²) >= 11 is 0. The number of hydrogen-bond donors (Lipinski definition) is 1. The Balaban J connectivity index is 1.72. The maximum absolute atomic E-state index is 11.5. The predicted octanol–water partition coefficient (Wildman–Crippen LogP) is 5.68. The van der Waals surface area contributed by atoms with Crippen molar-refractivity contribution in [2.24, 2.45) is 7.05 Å². The van der Waals surface area contributed by atoms with Crippen LogP contribution in [-0.4, -0.2) is 37.2 Å². The summed E-state index contributed by atoms with van der Waals surface area (Å²) in [5.74, 6) is 3.54. The quantitative estimate of drug-likeness (QED) is 0.317. The Labute approximate surface area is 208 Å². The van der Waals surface area contributed by atoms with E-state index in [0.29, 0.717) is 34.3 Å². The minimum absolute atomic E-state index is 0.168. The van der Waals surface area contributed by atoms with E-state index in [1.54, 1.807) is 18.2 Å². The van der Waals surface area contributed by atoms with E-state index in [4.69, 9.17) is 26.1 Å². The number of fused-ring (bicyclic) bond motifs is 2. The Hall–Kier alpha value is -4.70. The van der Waals surface area contributed by atoms with Gasteiger partial charge < -0.3 is 14.4 Å². The van der Waals surface area contributed by atoms with E-state index in [2.05, 4.69) is 44.0 Å². The fourth-order valence-corrected chi connectivity index (χ4v) is 4.19. The lowest BCUT2D eigenvalue weighted by Crippen LogP contribution is -2.01. The van der Waals surface area contributed by atoms with Gasteiger partial charge in [-0.2, -0.15) is 0 Å². The molecule has 5 rings (SSSR count). The van der Waals surface area contributed by atoms with Gasteiger partial charge in [0.05, 0.1) is 27.8 Å². The van der Waals surface area contributed by atoms with Gasteiger partial charge in [0.25, 0.3) is 0 Å². The summed E-state index contributed by atoms with van der Waals surface area (Å²) in [5, 5.41) is 10.2. The highest BCUT2D eigenvalue weighted by atomic mass is 16.5. The average molecular weight is 477 g/mol. The summed E-state index contributed by atoms with van der Waals surface area (Å²) in [6.07, 6.45) is 5.36. The zero-order valence-electron chi connectivity index (χ0n) is 20.2. The molecule has 36 heavy (non-hydrogen) atoms. The number of rotatable bonds is 6. The summed E-state index contributed by atoms with van der Waals surface area (Å²) in [6, 6.07) is 18.8. The van der Waals surface area contributed by atoms with Gasteiger partial charge in [-0.1, -0.05) is 44.0 Å². The molecular weight excluding hydrogens is 452 g/mol. The van der Waals surface area contributed by atoms with Crippen molar-refractivity contribution >= 4 is 27.9 Å². The SMILES string of the molecule is C#CCOc1ccc2nc(-c3nc4ccc(C(=O)O)cc4n3C)nc(-c3ccc(C(C)C)cc3)c2c1. The minimum atomic E-state index is -0.989. The molecule has 7 heteroatoms. The molecule has 178 valence electrons. The van der Waals surface area contributed by atoms with Gasteiger partial charge in [0.2, 0.25) is 0 Å². The second-order valence-electron chi connectivity index (χ2n) is 8.85. The Morgan fingerprint density at radius 3 is 2.47 bits per heavy atom. The summed E-state index contributed by atoms with van der Waals surface area (Å²) in [5.41, 5.74) is 5.21. The first-order chi connectivity index (χ1) is 17.4. The van der Waals surface area contributed by atoms with Crippen LogP contribution in [0.3, 0.4) is 0 Å². The molecule has 0 aliphatic heterocycles. The van der Waals surface area contributed by atoms with Crippen molar-refractivity contribution in [3.8, 4) is 41.0 Å². The van der Waals surface area contributed by atoms with Gasteiger partial charge in [-0.25, -0.2) is 19.7 Å². The Morgan fingerprint density at radius 1 is 1.03 bits per heavy atom. The van der Waals surface area contributed by atoms with Crippen LogP contribution in [0.15, 0.2) is 60.7 Å². The number of aryl methyl sites for hydroxylation is 1. The number of carboxylic acids is 1. The Kier molecular flexibility index (Phi) is 5.87. The van der Waals surface area contributed by atoms with E-state index in [1.165, 1.54) is 5.56 Å². The third-order valence-electron chi connectivity index (χ3n) is 6.17. The molecule has 0 spiro atoms. The predicted molar refractivity (Wildman–Crippen MR) is 140 cm³/mol. The van der Waals surface area contributed by atoms with Crippen molar-refractivity contribution in [2.45, 2.75) is 19.8 Å². The highest BCUT2D eigenvalue weighted by molar-refractivity contribution is 5.95. The molecular formula is C29H24N4O3. The smallest absolute Gasteiger partial charge is 0.335 e. The number of carboxylic acid groups (broad SMARTS) is 1. The van der Waals surface area contributed by atoms with Crippen molar-refractivity contribution < 1.29 is 14.6 Å². The van der Waals surface area contributed by atoms with Gasteiger partial charge in [0.15, 0.2) is 11.6 Å². The highest BCUT2D eigenvalue weighted by Gasteiger charge is 2.18. The zero-order chi connectivity index (χ0) is 25.4. The normalized spacial score (nSPS) is 11.2. The monoisotopic (exact) mass is 476 g/mol. The first kappa shape index (κ1) is 23.1. The molecule has 7 nitrogen and oxygen atoms in total. The van der Waals surface area contributed by atoms with E-state index in [-0.39, 0.29) is 12.2 Å². The molecule has 0 bridgehead atoms. The number of nitrogens with zero attached hydrogens (tertiary/aromatic N) is 4. The van der Waals surface area contributed by atoms with Crippen molar-refractivity contribution in [3.63, 3.8) is 0 Å². The number of aromatic nitrogens is 4. The molecule has 0 amide bonds. The third-order valence-corrected chi connectivity index (χ3v) is 6.17. The number of aromatic carboxylic acids is 1. The van der Waals surface area contributed by atoms with Crippen LogP contribution in [0.5, 0.6) is 5.75 Å². The van der Waals surface area contributed by atoms with Crippen LogP contribution < -0.4 is 4.74 Å². The standard InChI is InChI=1S/C29H24N4O3/c1-5-14-36-21-11-13-23-22(16-21)26(19-8-6-18(7-9-19)17(2)3)32-27(30-23)28-31-24-12-10-20(29(34)35)15-25(24)33(28)4/h1,6-13,15-17H,14H2,2-4H3,(H,34,35). The van der Waals surface area contributed by atoms with Gasteiger partial charge in [0, 0.05) is 18.0 Å². The van der Waals surface area contributed by atoms with E-state index < -0.39 is 5.97 Å². The summed E-state index contributed by atoms with van der Waals surface area (Å²) < 4.78 is 7.47. The Bertz CT molecular complexity index is 1660. The first-order valence-electron chi connectivity index (χ1n) is 11.5. The van der Waals surface area contributed by atoms with Crippen LogP contribution in [0, 0.1) is 12.3 Å². The van der Waals surface area contributed by atoms with Crippen molar-refractivity contribution in [1.29, 1.82) is 0 Å². The lowest BCUT2D eigenvalue weighted by atomic mass is 9.99. The molecule has 0 saturated carbocycles. The van der Waals surface area contributed by atoms with Gasteiger partial charge in [-0.15, -0.1) is 6.42 Å². The lowest BCUT2D eigenvalue weighted by Gasteiger charge is -2.12. The van der Waals surface area contributed by atoms with Gasteiger partial charge in [0.1, 0.15) is 12.4 Å². The molecule has 0 aliphatic rings. The average Bonchev–Trinajstić information content (AvgIpc) is 3.22. The number of ether oxygens (including phenoxy) is 1. The van der Waals surface area contributed by atoms with Crippen LogP contribution in [0.2, 0.25) is 0 Å². The molecule has 2 heterocycles. The molecule has 0 unspecified atom stereocenters. The fraction of sp³-hybridized carbons (Fsp3) is 0.172. The Morgan fingerprint density at radius 2 is 1.78 bits per heavy atom. The minimum Gasteiger partial charge on any atom is -0.481 e. The number of hydrogen-bond acceptors (Lipinski definition) is 5. The largest absolute Gasteiger partial charge is 0.481 e. The molecule has 0 saturated heterocycles. The van der Waals surface area contributed by atoms with Crippen molar-refractivity contribution in [1.82, 2.24) is 19.5 Å². The van der Waals surface area contributed by atoms with E-state index in [1.807, 2.05) is 29.8 Å².